The summed E-state index contributed by atoms with van der Waals surface area (Å²) in [6.45, 7) is 0. The van der Waals surface area contributed by atoms with E-state index in [1.54, 1.807) is 0 Å². The third-order valence-corrected chi connectivity index (χ3v) is 9.08. The van der Waals surface area contributed by atoms with Gasteiger partial charge in [0.2, 0.25) is 0 Å². The minimum atomic E-state index is -0.420. The van der Waals surface area contributed by atoms with Crippen LogP contribution in [0.1, 0.15) is 22.3 Å². The highest BCUT2D eigenvalue weighted by molar-refractivity contribution is 9.10. The van der Waals surface area contributed by atoms with Crippen LogP contribution in [-0.4, -0.2) is 0 Å². The molecule has 6 aromatic rings. The lowest BCUT2D eigenvalue weighted by atomic mass is 9.67. The first-order valence-corrected chi connectivity index (χ1v) is 14.7. The van der Waals surface area contributed by atoms with Crippen LogP contribution in [0.4, 0.5) is 0 Å². The van der Waals surface area contributed by atoms with Crippen LogP contribution in [0, 0.1) is 0 Å². The second-order valence-electron chi connectivity index (χ2n) is 9.99. The zero-order valence-electron chi connectivity index (χ0n) is 21.1. The molecule has 1 unspecified atom stereocenters. The molecule has 2 heteroatoms. The number of hydrogen-bond acceptors (Lipinski definition) is 0. The topological polar surface area (TPSA) is 0 Å². The van der Waals surface area contributed by atoms with Crippen molar-refractivity contribution in [2.45, 2.75) is 5.41 Å². The monoisotopic (exact) mass is 626 g/mol. The predicted octanol–water partition coefficient (Wildman–Crippen LogP) is 10.9. The van der Waals surface area contributed by atoms with Crippen molar-refractivity contribution >= 4 is 31.9 Å². The normalized spacial score (nSPS) is 15.5. The second-order valence-corrected chi connectivity index (χ2v) is 11.8. The molecule has 1 aliphatic carbocycles. The van der Waals surface area contributed by atoms with Crippen molar-refractivity contribution in [1.82, 2.24) is 0 Å². The van der Waals surface area contributed by atoms with E-state index in [1.165, 1.54) is 55.6 Å². The van der Waals surface area contributed by atoms with Crippen LogP contribution in [-0.2, 0) is 5.41 Å². The number of hydrogen-bond donors (Lipinski definition) is 0. The molecule has 0 amide bonds. The van der Waals surface area contributed by atoms with E-state index >= 15 is 0 Å². The van der Waals surface area contributed by atoms with Crippen LogP contribution in [0.5, 0.6) is 0 Å². The molecule has 6 aromatic carbocycles. The molecule has 1 atom stereocenters. The van der Waals surface area contributed by atoms with E-state index in [0.717, 1.165) is 8.95 Å². The van der Waals surface area contributed by atoms with E-state index in [4.69, 9.17) is 0 Å². The third kappa shape index (κ3) is 3.93. The average Bonchev–Trinajstić information content (AvgIpc) is 3.30. The van der Waals surface area contributed by atoms with Crippen molar-refractivity contribution in [3.8, 4) is 33.4 Å². The standard InChI is InChI=1S/C37H24Br2/c38-31-21-19-25(20-22-31)26-9-6-10-27(23-26)28-11-7-14-30(24-28)37(29-12-2-1-3-13-29)33-16-5-4-15-32(33)36-34(37)17-8-18-35(36)39/h1-24H. The van der Waals surface area contributed by atoms with Gasteiger partial charge in [-0.05, 0) is 80.4 Å². The molecule has 186 valence electrons. The summed E-state index contributed by atoms with van der Waals surface area (Å²) in [6, 6.07) is 52.9. The van der Waals surface area contributed by atoms with Gasteiger partial charge in [-0.2, -0.15) is 0 Å². The van der Waals surface area contributed by atoms with Crippen LogP contribution >= 0.6 is 31.9 Å². The first-order valence-electron chi connectivity index (χ1n) is 13.1. The van der Waals surface area contributed by atoms with Gasteiger partial charge in [0.25, 0.3) is 0 Å². The number of rotatable bonds is 4. The van der Waals surface area contributed by atoms with Gasteiger partial charge >= 0.3 is 0 Å². The SMILES string of the molecule is Brc1ccc(-c2cccc(-c3cccc(C4(c5ccccc5)c5ccccc5-c5c(Br)cccc54)c3)c2)cc1. The summed E-state index contributed by atoms with van der Waals surface area (Å²) in [5, 5.41) is 0. The fourth-order valence-electron chi connectivity index (χ4n) is 6.21. The Bertz CT molecular complexity index is 1820. The largest absolute Gasteiger partial charge is 0.0714 e. The molecule has 0 spiro atoms. The minimum absolute atomic E-state index is 0.420. The molecule has 0 nitrogen and oxygen atoms in total. The van der Waals surface area contributed by atoms with Crippen molar-refractivity contribution in [2.75, 3.05) is 0 Å². The van der Waals surface area contributed by atoms with E-state index in [2.05, 4.69) is 177 Å². The minimum Gasteiger partial charge on any atom is -0.0622 e. The summed E-state index contributed by atoms with van der Waals surface area (Å²) < 4.78 is 2.22. The maximum absolute atomic E-state index is 3.90. The summed E-state index contributed by atoms with van der Waals surface area (Å²) in [6.07, 6.45) is 0. The number of fused-ring (bicyclic) bond motifs is 3. The van der Waals surface area contributed by atoms with E-state index in [-0.39, 0.29) is 0 Å². The molecule has 7 rings (SSSR count). The Morgan fingerprint density at radius 1 is 0.410 bits per heavy atom. The zero-order valence-corrected chi connectivity index (χ0v) is 24.3. The lowest BCUT2D eigenvalue weighted by molar-refractivity contribution is 0.768. The van der Waals surface area contributed by atoms with Crippen LogP contribution < -0.4 is 0 Å². The molecule has 0 fully saturated rings. The number of halogens is 2. The second kappa shape index (κ2) is 9.79. The maximum Gasteiger partial charge on any atom is 0.0714 e. The van der Waals surface area contributed by atoms with Gasteiger partial charge in [0, 0.05) is 14.5 Å². The van der Waals surface area contributed by atoms with Gasteiger partial charge in [-0.15, -0.1) is 0 Å². The first kappa shape index (κ1) is 24.3. The summed E-state index contributed by atoms with van der Waals surface area (Å²) >= 11 is 7.45. The molecule has 0 N–H and O–H groups in total. The van der Waals surface area contributed by atoms with E-state index in [1.807, 2.05) is 0 Å². The van der Waals surface area contributed by atoms with Crippen molar-refractivity contribution in [3.05, 3.63) is 177 Å². The average molecular weight is 628 g/mol. The highest BCUT2D eigenvalue weighted by atomic mass is 79.9. The maximum atomic E-state index is 3.90. The molecule has 0 bridgehead atoms. The zero-order chi connectivity index (χ0) is 26.4. The molecular formula is C37H24Br2. The predicted molar refractivity (Wildman–Crippen MR) is 170 cm³/mol. The lowest BCUT2D eigenvalue weighted by Gasteiger charge is -2.34. The Morgan fingerprint density at radius 2 is 1.00 bits per heavy atom. The van der Waals surface area contributed by atoms with Gasteiger partial charge in [-0.25, -0.2) is 0 Å². The third-order valence-electron chi connectivity index (χ3n) is 7.89. The first-order chi connectivity index (χ1) is 19.2. The highest BCUT2D eigenvalue weighted by Crippen LogP contribution is 2.57. The van der Waals surface area contributed by atoms with Crippen molar-refractivity contribution in [2.24, 2.45) is 0 Å². The Labute approximate surface area is 246 Å². The van der Waals surface area contributed by atoms with Gasteiger partial charge in [-0.3, -0.25) is 0 Å². The van der Waals surface area contributed by atoms with Gasteiger partial charge < -0.3 is 0 Å². The lowest BCUT2D eigenvalue weighted by Crippen LogP contribution is -2.28. The van der Waals surface area contributed by atoms with Crippen molar-refractivity contribution in [1.29, 1.82) is 0 Å². The molecule has 0 aromatic heterocycles. The molecule has 1 aliphatic rings. The molecule has 39 heavy (non-hydrogen) atoms. The molecule has 0 radical (unpaired) electrons. The quantitative estimate of drug-likeness (QED) is 0.182. The van der Waals surface area contributed by atoms with Gasteiger partial charge in [0.1, 0.15) is 0 Å². The fourth-order valence-corrected chi connectivity index (χ4v) is 7.06. The van der Waals surface area contributed by atoms with Gasteiger partial charge in [0.05, 0.1) is 5.41 Å². The Morgan fingerprint density at radius 3 is 1.79 bits per heavy atom. The van der Waals surface area contributed by atoms with Crippen molar-refractivity contribution < 1.29 is 0 Å². The highest BCUT2D eigenvalue weighted by Gasteiger charge is 2.46. The van der Waals surface area contributed by atoms with E-state index in [0.29, 0.717) is 0 Å². The van der Waals surface area contributed by atoms with Gasteiger partial charge in [0.15, 0.2) is 0 Å². The smallest absolute Gasteiger partial charge is 0.0622 e. The Hall–Kier alpha value is -3.72. The van der Waals surface area contributed by atoms with E-state index in [9.17, 15) is 0 Å². The summed E-state index contributed by atoms with van der Waals surface area (Å²) in [4.78, 5) is 0. The number of benzene rings is 6. The molecule has 0 heterocycles. The Balaban J connectivity index is 1.47. The molecular weight excluding hydrogens is 604 g/mol. The van der Waals surface area contributed by atoms with Crippen LogP contribution in [0.15, 0.2) is 155 Å². The summed E-state index contributed by atoms with van der Waals surface area (Å²) in [5.41, 5.74) is 12.2. The van der Waals surface area contributed by atoms with Crippen LogP contribution in [0.3, 0.4) is 0 Å². The molecule has 0 aliphatic heterocycles. The molecule has 0 saturated heterocycles. The Kier molecular flexibility index (Phi) is 6.11. The van der Waals surface area contributed by atoms with Crippen molar-refractivity contribution in [3.63, 3.8) is 0 Å². The van der Waals surface area contributed by atoms with E-state index < -0.39 is 5.41 Å². The summed E-state index contributed by atoms with van der Waals surface area (Å²) in [5.74, 6) is 0. The fraction of sp³-hybridized carbons (Fsp3) is 0.0270. The van der Waals surface area contributed by atoms with Gasteiger partial charge in [-0.1, -0.05) is 147 Å². The van der Waals surface area contributed by atoms with Crippen LogP contribution in [0.25, 0.3) is 33.4 Å². The molecule has 0 saturated carbocycles. The summed E-state index contributed by atoms with van der Waals surface area (Å²) in [7, 11) is 0. The van der Waals surface area contributed by atoms with Crippen LogP contribution in [0.2, 0.25) is 0 Å².